The molecule has 1 aromatic heterocycles. The van der Waals surface area contributed by atoms with Gasteiger partial charge >= 0.3 is 5.97 Å². The Balaban J connectivity index is 2.15. The van der Waals surface area contributed by atoms with Crippen LogP contribution >= 0.6 is 11.3 Å². The highest BCUT2D eigenvalue weighted by molar-refractivity contribution is 7.91. The fourth-order valence-electron chi connectivity index (χ4n) is 2.61. The average molecular weight is 318 g/mol. The van der Waals surface area contributed by atoms with Crippen LogP contribution in [0.1, 0.15) is 49.5 Å². The zero-order valence-corrected chi connectivity index (χ0v) is 12.8. The van der Waals surface area contributed by atoms with Gasteiger partial charge in [-0.2, -0.15) is 0 Å². The molecule has 0 spiro atoms. The quantitative estimate of drug-likeness (QED) is 0.866. The van der Waals surface area contributed by atoms with Crippen LogP contribution in [-0.4, -0.2) is 30.5 Å². The molecule has 0 saturated heterocycles. The molecule has 0 radical (unpaired) electrons. The number of nitrogens with one attached hydrogen (secondary N) is 1. The van der Waals surface area contributed by atoms with Gasteiger partial charge in [0, 0.05) is 6.04 Å². The number of sulfonamides is 1. The fraction of sp³-hybridized carbons (Fsp3) is 0.667. The van der Waals surface area contributed by atoms with E-state index in [2.05, 4.69) is 16.6 Å². The molecule has 1 heterocycles. The van der Waals surface area contributed by atoms with Crippen molar-refractivity contribution in [2.75, 3.05) is 0 Å². The number of carbonyl (C=O) groups is 1. The Morgan fingerprint density at radius 1 is 1.55 bits per heavy atom. The summed E-state index contributed by atoms with van der Waals surface area (Å²) in [5, 5.41) is 8.96. The van der Waals surface area contributed by atoms with Crippen LogP contribution in [0.2, 0.25) is 0 Å². The molecule has 0 aliphatic heterocycles. The first-order valence-electron chi connectivity index (χ1n) is 6.63. The van der Waals surface area contributed by atoms with Crippen molar-refractivity contribution < 1.29 is 18.3 Å². The lowest BCUT2D eigenvalue weighted by atomic mass is 9.85. The summed E-state index contributed by atoms with van der Waals surface area (Å²) in [6.07, 6.45) is 4.79. The first kappa shape index (κ1) is 15.4. The molecule has 1 fully saturated rings. The van der Waals surface area contributed by atoms with Crippen molar-refractivity contribution in [2.24, 2.45) is 5.92 Å². The van der Waals surface area contributed by atoms with Crippen LogP contribution in [-0.2, 0) is 10.0 Å². The molecule has 0 amide bonds. The molecular formula is C12H18N2O4S2. The minimum Gasteiger partial charge on any atom is -0.476 e. The summed E-state index contributed by atoms with van der Waals surface area (Å²) in [5.41, 5.74) is 0.846. The molecule has 1 aliphatic carbocycles. The predicted molar refractivity (Wildman–Crippen MR) is 75.4 cm³/mol. The van der Waals surface area contributed by atoms with E-state index in [1.807, 2.05) is 0 Å². The maximum atomic E-state index is 12.3. The van der Waals surface area contributed by atoms with Crippen LogP contribution in [0.3, 0.4) is 0 Å². The van der Waals surface area contributed by atoms with Crippen molar-refractivity contribution in [2.45, 2.75) is 49.3 Å². The molecule has 2 N–H and O–H groups in total. The molecule has 2 rings (SSSR count). The van der Waals surface area contributed by atoms with E-state index in [1.165, 1.54) is 5.51 Å². The molecule has 1 aliphatic rings. The second-order valence-corrected chi connectivity index (χ2v) is 7.82. The van der Waals surface area contributed by atoms with E-state index in [9.17, 15) is 13.2 Å². The SMILES string of the molecule is CCC1CCCC(NS(=O)(=O)c2scnc2C(=O)O)C1. The lowest BCUT2D eigenvalue weighted by Gasteiger charge is -2.28. The van der Waals surface area contributed by atoms with E-state index in [-0.39, 0.29) is 10.3 Å². The summed E-state index contributed by atoms with van der Waals surface area (Å²) >= 11 is 0.838. The molecule has 112 valence electrons. The van der Waals surface area contributed by atoms with Crippen molar-refractivity contribution in [3.05, 3.63) is 11.2 Å². The van der Waals surface area contributed by atoms with Gasteiger partial charge in [-0.15, -0.1) is 11.3 Å². The van der Waals surface area contributed by atoms with Crippen LogP contribution in [0, 0.1) is 5.92 Å². The maximum absolute atomic E-state index is 12.3. The van der Waals surface area contributed by atoms with E-state index in [4.69, 9.17) is 5.11 Å². The van der Waals surface area contributed by atoms with E-state index in [0.29, 0.717) is 5.92 Å². The third-order valence-corrected chi connectivity index (χ3v) is 6.55. The number of rotatable bonds is 5. The summed E-state index contributed by atoms with van der Waals surface area (Å²) in [7, 11) is -3.80. The first-order valence-corrected chi connectivity index (χ1v) is 8.99. The molecule has 6 nitrogen and oxygen atoms in total. The zero-order valence-electron chi connectivity index (χ0n) is 11.2. The third-order valence-electron chi connectivity index (χ3n) is 3.66. The molecule has 2 unspecified atom stereocenters. The van der Waals surface area contributed by atoms with Gasteiger partial charge in [0.25, 0.3) is 10.0 Å². The minimum atomic E-state index is -3.80. The Morgan fingerprint density at radius 2 is 2.30 bits per heavy atom. The molecule has 0 bridgehead atoms. The highest BCUT2D eigenvalue weighted by Gasteiger charge is 2.30. The number of carboxylic acids is 1. The van der Waals surface area contributed by atoms with E-state index >= 15 is 0 Å². The zero-order chi connectivity index (χ0) is 14.8. The smallest absolute Gasteiger partial charge is 0.356 e. The van der Waals surface area contributed by atoms with Crippen LogP contribution in [0.25, 0.3) is 0 Å². The Hall–Kier alpha value is -0.990. The lowest BCUT2D eigenvalue weighted by molar-refractivity contribution is 0.0687. The summed E-state index contributed by atoms with van der Waals surface area (Å²) in [6.45, 7) is 2.10. The van der Waals surface area contributed by atoms with Gasteiger partial charge in [0.15, 0.2) is 9.90 Å². The van der Waals surface area contributed by atoms with Gasteiger partial charge in [0.2, 0.25) is 0 Å². The number of hydrogen-bond acceptors (Lipinski definition) is 5. The highest BCUT2D eigenvalue weighted by atomic mass is 32.2. The molecular weight excluding hydrogens is 300 g/mol. The maximum Gasteiger partial charge on any atom is 0.356 e. The number of aromatic carboxylic acids is 1. The van der Waals surface area contributed by atoms with E-state index < -0.39 is 21.7 Å². The average Bonchev–Trinajstić information content (AvgIpc) is 2.88. The van der Waals surface area contributed by atoms with Gasteiger partial charge in [-0.1, -0.05) is 26.2 Å². The highest BCUT2D eigenvalue weighted by Crippen LogP contribution is 2.28. The van der Waals surface area contributed by atoms with Crippen LogP contribution in [0.4, 0.5) is 0 Å². The molecule has 20 heavy (non-hydrogen) atoms. The normalized spacial score (nSPS) is 23.6. The standard InChI is InChI=1S/C12H18N2O4S2/c1-2-8-4-3-5-9(6-8)14-20(17,18)12-10(11(15)16)13-7-19-12/h7-9,14H,2-6H2,1H3,(H,15,16). The van der Waals surface area contributed by atoms with Crippen molar-refractivity contribution in [3.63, 3.8) is 0 Å². The monoisotopic (exact) mass is 318 g/mol. The summed E-state index contributed by atoms with van der Waals surface area (Å²) in [4.78, 5) is 14.6. The van der Waals surface area contributed by atoms with Gasteiger partial charge in [-0.3, -0.25) is 0 Å². The second kappa shape index (κ2) is 6.19. The second-order valence-electron chi connectivity index (χ2n) is 5.05. The van der Waals surface area contributed by atoms with E-state index in [1.54, 1.807) is 0 Å². The Bertz CT molecular complexity index is 582. The van der Waals surface area contributed by atoms with Gasteiger partial charge in [-0.05, 0) is 18.8 Å². The van der Waals surface area contributed by atoms with Gasteiger partial charge in [-0.25, -0.2) is 22.9 Å². The topological polar surface area (TPSA) is 96.4 Å². The van der Waals surface area contributed by atoms with Crippen molar-refractivity contribution >= 4 is 27.3 Å². The Kier molecular flexibility index (Phi) is 4.77. The summed E-state index contributed by atoms with van der Waals surface area (Å²) in [6, 6.07) is -0.109. The fourth-order valence-corrected chi connectivity index (χ4v) is 5.05. The molecule has 8 heteroatoms. The van der Waals surface area contributed by atoms with Crippen LogP contribution < -0.4 is 4.72 Å². The van der Waals surface area contributed by atoms with Gasteiger partial charge < -0.3 is 5.11 Å². The molecule has 0 aromatic carbocycles. The minimum absolute atomic E-state index is 0.109. The van der Waals surface area contributed by atoms with Crippen LogP contribution in [0.15, 0.2) is 9.72 Å². The Labute approximate surface area is 122 Å². The van der Waals surface area contributed by atoms with Gasteiger partial charge in [0.05, 0.1) is 5.51 Å². The largest absolute Gasteiger partial charge is 0.476 e. The lowest BCUT2D eigenvalue weighted by Crippen LogP contribution is -2.38. The Morgan fingerprint density at radius 3 is 2.95 bits per heavy atom. The van der Waals surface area contributed by atoms with Gasteiger partial charge in [0.1, 0.15) is 0 Å². The number of carboxylic acid groups (broad SMARTS) is 1. The number of nitrogens with zero attached hydrogens (tertiary/aromatic N) is 1. The van der Waals surface area contributed by atoms with E-state index in [0.717, 1.165) is 43.4 Å². The van der Waals surface area contributed by atoms with Crippen molar-refractivity contribution in [1.82, 2.24) is 9.71 Å². The van der Waals surface area contributed by atoms with Crippen LogP contribution in [0.5, 0.6) is 0 Å². The molecule has 1 saturated carbocycles. The first-order chi connectivity index (χ1) is 9.44. The number of hydrogen-bond donors (Lipinski definition) is 2. The summed E-state index contributed by atoms with van der Waals surface area (Å²) in [5.74, 6) is -0.779. The summed E-state index contributed by atoms with van der Waals surface area (Å²) < 4.78 is 27.0. The number of thiazole rings is 1. The van der Waals surface area contributed by atoms with Crippen molar-refractivity contribution in [3.8, 4) is 0 Å². The molecule has 2 atom stereocenters. The predicted octanol–water partition coefficient (Wildman–Crippen LogP) is 2.09. The molecule has 1 aromatic rings. The number of aromatic nitrogens is 1. The third kappa shape index (κ3) is 3.36. The van der Waals surface area contributed by atoms with Crippen molar-refractivity contribution in [1.29, 1.82) is 0 Å².